The summed E-state index contributed by atoms with van der Waals surface area (Å²) in [4.78, 5) is 2.37. The molecule has 1 saturated heterocycles. The molecule has 0 unspecified atom stereocenters. The van der Waals surface area contributed by atoms with E-state index < -0.39 is 0 Å². The van der Waals surface area contributed by atoms with Gasteiger partial charge in [0, 0.05) is 18.5 Å². The number of rotatable bonds is 3. The van der Waals surface area contributed by atoms with Crippen LogP contribution in [0, 0.1) is 0 Å². The molecule has 1 rings (SSSR count). The third-order valence-electron chi connectivity index (χ3n) is 2.25. The second-order valence-corrected chi connectivity index (χ2v) is 3.60. The van der Waals surface area contributed by atoms with E-state index in [1.165, 1.54) is 25.9 Å². The van der Waals surface area contributed by atoms with Crippen molar-refractivity contribution < 1.29 is 0 Å². The Bertz CT molecular complexity index is 103. The summed E-state index contributed by atoms with van der Waals surface area (Å²) in [6, 6.07) is 0.713. The van der Waals surface area contributed by atoms with Gasteiger partial charge in [0.25, 0.3) is 0 Å². The van der Waals surface area contributed by atoms with Gasteiger partial charge >= 0.3 is 0 Å². The van der Waals surface area contributed by atoms with Crippen LogP contribution in [-0.4, -0.2) is 43.5 Å². The van der Waals surface area contributed by atoms with E-state index in [9.17, 15) is 0 Å². The number of hydrogen-bond acceptors (Lipinski definition) is 2. The molecule has 13 heavy (non-hydrogen) atoms. The lowest BCUT2D eigenvalue weighted by Crippen LogP contribution is -2.41. The Morgan fingerprint density at radius 2 is 1.85 bits per heavy atom. The highest BCUT2D eigenvalue weighted by Gasteiger charge is 2.14. The van der Waals surface area contributed by atoms with Gasteiger partial charge in [-0.3, -0.25) is 0 Å². The summed E-state index contributed by atoms with van der Waals surface area (Å²) in [5.74, 6) is 0.729. The minimum Gasteiger partial charge on any atom is -0.313 e. The Morgan fingerprint density at radius 3 is 2.31 bits per heavy atom. The lowest BCUT2D eigenvalue weighted by Gasteiger charge is -2.29. The van der Waals surface area contributed by atoms with Crippen LogP contribution in [0.4, 0.5) is 0 Å². The fourth-order valence-electron chi connectivity index (χ4n) is 1.47. The van der Waals surface area contributed by atoms with Gasteiger partial charge < -0.3 is 10.2 Å². The molecule has 0 amide bonds. The van der Waals surface area contributed by atoms with Crippen molar-refractivity contribution in [3.63, 3.8) is 0 Å². The Balaban J connectivity index is 0. The van der Waals surface area contributed by atoms with Gasteiger partial charge in [0.1, 0.15) is 0 Å². The van der Waals surface area contributed by atoms with Crippen LogP contribution in [0.5, 0.6) is 0 Å². The van der Waals surface area contributed by atoms with Gasteiger partial charge in [-0.15, -0.1) is 36.4 Å². The van der Waals surface area contributed by atoms with E-state index in [2.05, 4.69) is 17.3 Å². The first-order chi connectivity index (χ1) is 5.33. The standard InChI is InChI=1S/C8H17ClN2.2ClH/c1-11-6-2-8(3-7-11)10-5-4-9;;/h8,10H,2-7H2,1H3;2*1H. The second-order valence-electron chi connectivity index (χ2n) is 3.22. The average molecular weight is 250 g/mol. The molecule has 0 atom stereocenters. The Kier molecular flexibility index (Phi) is 11.7. The van der Waals surface area contributed by atoms with Crippen molar-refractivity contribution in [2.45, 2.75) is 18.9 Å². The molecule has 1 aliphatic rings. The van der Waals surface area contributed by atoms with Crippen molar-refractivity contribution in [2.24, 2.45) is 0 Å². The minimum absolute atomic E-state index is 0. The van der Waals surface area contributed by atoms with Crippen molar-refractivity contribution in [1.29, 1.82) is 0 Å². The quantitative estimate of drug-likeness (QED) is 0.767. The predicted octanol–water partition coefficient (Wildman–Crippen LogP) is 1.75. The normalized spacial score (nSPS) is 18.9. The number of piperidine rings is 1. The molecule has 0 spiro atoms. The fourth-order valence-corrected chi connectivity index (χ4v) is 1.58. The molecule has 82 valence electrons. The zero-order valence-corrected chi connectivity index (χ0v) is 10.4. The molecule has 0 aromatic carbocycles. The van der Waals surface area contributed by atoms with Gasteiger partial charge in [-0.1, -0.05) is 0 Å². The van der Waals surface area contributed by atoms with E-state index in [1.54, 1.807) is 0 Å². The molecule has 0 aliphatic carbocycles. The number of hydrogen-bond donors (Lipinski definition) is 1. The van der Waals surface area contributed by atoms with Crippen LogP contribution in [0.1, 0.15) is 12.8 Å². The van der Waals surface area contributed by atoms with Crippen LogP contribution in [0.2, 0.25) is 0 Å². The van der Waals surface area contributed by atoms with Gasteiger partial charge in [0.2, 0.25) is 0 Å². The monoisotopic (exact) mass is 248 g/mol. The predicted molar refractivity (Wildman–Crippen MR) is 63.7 cm³/mol. The number of nitrogens with one attached hydrogen (secondary N) is 1. The summed E-state index contributed by atoms with van der Waals surface area (Å²) >= 11 is 5.58. The number of halogens is 3. The Morgan fingerprint density at radius 1 is 1.31 bits per heavy atom. The number of likely N-dealkylation sites (tertiary alicyclic amines) is 1. The zero-order valence-electron chi connectivity index (χ0n) is 7.96. The summed E-state index contributed by atoms with van der Waals surface area (Å²) < 4.78 is 0. The molecule has 0 radical (unpaired) electrons. The smallest absolute Gasteiger partial charge is 0.0348 e. The van der Waals surface area contributed by atoms with Crippen molar-refractivity contribution >= 4 is 36.4 Å². The molecule has 2 nitrogen and oxygen atoms in total. The minimum atomic E-state index is 0. The van der Waals surface area contributed by atoms with Crippen molar-refractivity contribution in [2.75, 3.05) is 32.6 Å². The summed E-state index contributed by atoms with van der Waals surface area (Å²) in [6.45, 7) is 3.40. The summed E-state index contributed by atoms with van der Waals surface area (Å²) in [7, 11) is 2.18. The molecule has 1 aliphatic heterocycles. The second kappa shape index (κ2) is 9.35. The van der Waals surface area contributed by atoms with Gasteiger partial charge in [0.15, 0.2) is 0 Å². The van der Waals surface area contributed by atoms with Gasteiger partial charge in [-0.2, -0.15) is 0 Å². The molecule has 0 saturated carbocycles. The summed E-state index contributed by atoms with van der Waals surface area (Å²) in [5.41, 5.74) is 0. The number of nitrogens with zero attached hydrogens (tertiary/aromatic N) is 1. The molecular weight excluding hydrogens is 230 g/mol. The lowest BCUT2D eigenvalue weighted by molar-refractivity contribution is 0.236. The first-order valence-corrected chi connectivity index (χ1v) is 4.84. The Labute approximate surface area is 98.2 Å². The van der Waals surface area contributed by atoms with Crippen molar-refractivity contribution in [3.05, 3.63) is 0 Å². The molecule has 0 aromatic rings. The van der Waals surface area contributed by atoms with Crippen molar-refractivity contribution in [1.82, 2.24) is 10.2 Å². The highest BCUT2D eigenvalue weighted by Crippen LogP contribution is 2.07. The maximum absolute atomic E-state index is 5.58. The molecule has 5 heteroatoms. The maximum atomic E-state index is 5.58. The highest BCUT2D eigenvalue weighted by atomic mass is 35.5. The fraction of sp³-hybridized carbons (Fsp3) is 1.00. The van der Waals surface area contributed by atoms with E-state index in [-0.39, 0.29) is 24.8 Å². The molecule has 0 bridgehead atoms. The summed E-state index contributed by atoms with van der Waals surface area (Å²) in [6.07, 6.45) is 2.54. The van der Waals surface area contributed by atoms with Crippen LogP contribution >= 0.6 is 36.4 Å². The van der Waals surface area contributed by atoms with Crippen LogP contribution in [0.15, 0.2) is 0 Å². The maximum Gasteiger partial charge on any atom is 0.0348 e. The third-order valence-corrected chi connectivity index (χ3v) is 2.44. The van der Waals surface area contributed by atoms with E-state index in [0.717, 1.165) is 12.4 Å². The Hall–Kier alpha value is 0.790. The van der Waals surface area contributed by atoms with Crippen molar-refractivity contribution in [3.8, 4) is 0 Å². The van der Waals surface area contributed by atoms with E-state index in [0.29, 0.717) is 6.04 Å². The molecule has 0 aromatic heterocycles. The largest absolute Gasteiger partial charge is 0.313 e. The molecular formula is C8H19Cl3N2. The number of alkyl halides is 1. The molecule has 1 fully saturated rings. The van der Waals surface area contributed by atoms with Crippen LogP contribution in [0.3, 0.4) is 0 Å². The molecule has 1 heterocycles. The van der Waals surface area contributed by atoms with Gasteiger partial charge in [-0.05, 0) is 33.0 Å². The van der Waals surface area contributed by atoms with Gasteiger partial charge in [-0.25, -0.2) is 0 Å². The van der Waals surface area contributed by atoms with Crippen LogP contribution in [0.25, 0.3) is 0 Å². The zero-order chi connectivity index (χ0) is 8.10. The van der Waals surface area contributed by atoms with Crippen LogP contribution in [-0.2, 0) is 0 Å². The SMILES string of the molecule is CN1CCC(NCCCl)CC1.Cl.Cl. The third kappa shape index (κ3) is 6.81. The molecule has 1 N–H and O–H groups in total. The van der Waals surface area contributed by atoms with Crippen LogP contribution < -0.4 is 5.32 Å². The average Bonchev–Trinajstić information content (AvgIpc) is 2.04. The van der Waals surface area contributed by atoms with E-state index >= 15 is 0 Å². The topological polar surface area (TPSA) is 15.3 Å². The first kappa shape index (κ1) is 16.2. The first-order valence-electron chi connectivity index (χ1n) is 4.31. The summed E-state index contributed by atoms with van der Waals surface area (Å²) in [5, 5.41) is 3.43. The van der Waals surface area contributed by atoms with E-state index in [4.69, 9.17) is 11.6 Å². The highest BCUT2D eigenvalue weighted by molar-refractivity contribution is 6.18. The van der Waals surface area contributed by atoms with E-state index in [1.807, 2.05) is 0 Å². The van der Waals surface area contributed by atoms with Gasteiger partial charge in [0.05, 0.1) is 0 Å². The lowest BCUT2D eigenvalue weighted by atomic mass is 10.1.